The molecule has 0 amide bonds. The number of nitrogens with one attached hydrogen (secondary N) is 1. The molecule has 0 aliphatic rings. The van der Waals surface area contributed by atoms with Crippen molar-refractivity contribution in [2.24, 2.45) is 0 Å². The van der Waals surface area contributed by atoms with Gasteiger partial charge < -0.3 is 5.32 Å². The molecule has 1 rings (SSSR count). The van der Waals surface area contributed by atoms with Crippen molar-refractivity contribution in [1.29, 1.82) is 0 Å². The fourth-order valence-electron chi connectivity index (χ4n) is 1.76. The largest absolute Gasteiger partial charge is 0.416 e. The highest BCUT2D eigenvalue weighted by molar-refractivity contribution is 5.26. The third-order valence-electron chi connectivity index (χ3n) is 2.94. The smallest absolute Gasteiger partial charge is 0.315 e. The Morgan fingerprint density at radius 3 is 2.06 bits per heavy atom. The summed E-state index contributed by atoms with van der Waals surface area (Å²) in [5, 5.41) is 3.30. The van der Waals surface area contributed by atoms with Crippen LogP contribution in [-0.4, -0.2) is 12.6 Å². The lowest BCUT2D eigenvalue weighted by Gasteiger charge is -2.15. The minimum atomic E-state index is -4.25. The van der Waals surface area contributed by atoms with E-state index in [1.807, 2.05) is 6.92 Å². The molecule has 0 aliphatic carbocycles. The molecule has 1 aromatic carbocycles. The Bertz CT molecular complexity index is 354. The third kappa shape index (κ3) is 4.69. The summed E-state index contributed by atoms with van der Waals surface area (Å²) in [4.78, 5) is 0. The minimum Gasteiger partial charge on any atom is -0.315 e. The molecule has 0 saturated carbocycles. The minimum absolute atomic E-state index is 0.263. The number of hydrogen-bond donors (Lipinski definition) is 1. The highest BCUT2D eigenvalue weighted by Gasteiger charge is 2.30. The van der Waals surface area contributed by atoms with Crippen LogP contribution >= 0.6 is 0 Å². The second-order valence-corrected chi connectivity index (χ2v) is 4.92. The van der Waals surface area contributed by atoms with Crippen LogP contribution < -0.4 is 5.32 Å². The molecule has 0 bridgehead atoms. The molecule has 0 saturated heterocycles. The second kappa shape index (κ2) is 6.23. The first-order valence-electron chi connectivity index (χ1n) is 6.21. The fraction of sp³-hybridized carbons (Fsp3) is 0.571. The van der Waals surface area contributed by atoms with E-state index in [-0.39, 0.29) is 5.92 Å². The Labute approximate surface area is 106 Å². The van der Waals surface area contributed by atoms with E-state index >= 15 is 0 Å². The lowest BCUT2D eigenvalue weighted by molar-refractivity contribution is -0.137. The van der Waals surface area contributed by atoms with E-state index in [1.54, 1.807) is 12.1 Å². The average molecular weight is 259 g/mol. The molecule has 0 heterocycles. The van der Waals surface area contributed by atoms with Gasteiger partial charge in [-0.2, -0.15) is 13.2 Å². The molecule has 0 aromatic heterocycles. The Balaban J connectivity index is 2.56. The van der Waals surface area contributed by atoms with Crippen molar-refractivity contribution in [1.82, 2.24) is 5.32 Å². The molecule has 4 heteroatoms. The topological polar surface area (TPSA) is 12.0 Å². The van der Waals surface area contributed by atoms with Gasteiger partial charge in [-0.1, -0.05) is 32.9 Å². The summed E-state index contributed by atoms with van der Waals surface area (Å²) in [6, 6.07) is 5.89. The van der Waals surface area contributed by atoms with Gasteiger partial charge in [-0.3, -0.25) is 0 Å². The number of hydrogen-bond acceptors (Lipinski definition) is 1. The molecule has 0 spiro atoms. The molecule has 0 aliphatic heterocycles. The summed E-state index contributed by atoms with van der Waals surface area (Å²) in [7, 11) is 0. The molecular formula is C14H20F3N. The molecule has 1 aromatic rings. The van der Waals surface area contributed by atoms with Crippen LogP contribution in [0.3, 0.4) is 0 Å². The van der Waals surface area contributed by atoms with E-state index < -0.39 is 11.7 Å². The van der Waals surface area contributed by atoms with Crippen molar-refractivity contribution < 1.29 is 13.2 Å². The summed E-state index contributed by atoms with van der Waals surface area (Å²) in [6.07, 6.45) is -3.33. The van der Waals surface area contributed by atoms with Gasteiger partial charge in [0.15, 0.2) is 0 Å². The van der Waals surface area contributed by atoms with Crippen LogP contribution in [-0.2, 0) is 6.18 Å². The predicted molar refractivity (Wildman–Crippen MR) is 67.6 cm³/mol. The van der Waals surface area contributed by atoms with Crippen molar-refractivity contribution in [3.05, 3.63) is 35.4 Å². The molecule has 1 atom stereocenters. The Morgan fingerprint density at radius 2 is 1.61 bits per heavy atom. The first-order chi connectivity index (χ1) is 8.30. The van der Waals surface area contributed by atoms with E-state index in [2.05, 4.69) is 19.2 Å². The summed E-state index contributed by atoms with van der Waals surface area (Å²) in [5.41, 5.74) is 0.368. The van der Waals surface area contributed by atoms with Gasteiger partial charge >= 0.3 is 6.18 Å². The quantitative estimate of drug-likeness (QED) is 0.835. The van der Waals surface area contributed by atoms with Gasteiger partial charge in [0.2, 0.25) is 0 Å². The number of rotatable bonds is 5. The standard InChI is InChI=1S/C14H20F3N/c1-10(2)18-9-8-11(3)12-4-6-13(7-5-12)14(15,16)17/h4-7,10-11,18H,8-9H2,1-3H3. The first kappa shape index (κ1) is 15.0. The zero-order valence-corrected chi connectivity index (χ0v) is 11.0. The van der Waals surface area contributed by atoms with Crippen molar-refractivity contribution in [2.45, 2.75) is 45.3 Å². The zero-order valence-electron chi connectivity index (χ0n) is 11.0. The van der Waals surface area contributed by atoms with E-state index in [0.717, 1.165) is 30.7 Å². The first-order valence-corrected chi connectivity index (χ1v) is 6.21. The zero-order chi connectivity index (χ0) is 13.8. The van der Waals surface area contributed by atoms with Gasteiger partial charge in [0.25, 0.3) is 0 Å². The fourth-order valence-corrected chi connectivity index (χ4v) is 1.76. The molecule has 1 nitrogen and oxygen atoms in total. The molecule has 1 N–H and O–H groups in total. The van der Waals surface area contributed by atoms with Gasteiger partial charge in [-0.15, -0.1) is 0 Å². The Kier molecular flexibility index (Phi) is 5.20. The van der Waals surface area contributed by atoms with Gasteiger partial charge in [0.05, 0.1) is 5.56 Å². The summed E-state index contributed by atoms with van der Waals surface area (Å²) < 4.78 is 37.2. The summed E-state index contributed by atoms with van der Waals surface area (Å²) >= 11 is 0. The van der Waals surface area contributed by atoms with Gasteiger partial charge in [0.1, 0.15) is 0 Å². The number of halogens is 3. The number of benzene rings is 1. The molecule has 0 fully saturated rings. The van der Waals surface area contributed by atoms with Crippen molar-refractivity contribution in [3.63, 3.8) is 0 Å². The Hall–Kier alpha value is -1.03. The SMILES string of the molecule is CC(C)NCCC(C)c1ccc(C(F)(F)F)cc1. The maximum atomic E-state index is 12.4. The second-order valence-electron chi connectivity index (χ2n) is 4.92. The molecule has 18 heavy (non-hydrogen) atoms. The third-order valence-corrected chi connectivity index (χ3v) is 2.94. The maximum Gasteiger partial charge on any atom is 0.416 e. The van der Waals surface area contributed by atoms with Crippen molar-refractivity contribution >= 4 is 0 Å². The maximum absolute atomic E-state index is 12.4. The summed E-state index contributed by atoms with van der Waals surface area (Å²) in [5.74, 6) is 0.263. The van der Waals surface area contributed by atoms with E-state index in [4.69, 9.17) is 0 Å². The molecular weight excluding hydrogens is 239 g/mol. The van der Waals surface area contributed by atoms with Crippen LogP contribution in [0.1, 0.15) is 44.2 Å². The summed E-state index contributed by atoms with van der Waals surface area (Å²) in [6.45, 7) is 7.05. The van der Waals surface area contributed by atoms with Gasteiger partial charge in [-0.25, -0.2) is 0 Å². The Morgan fingerprint density at radius 1 is 1.06 bits per heavy atom. The van der Waals surface area contributed by atoms with Crippen LogP contribution in [0, 0.1) is 0 Å². The average Bonchev–Trinajstić information content (AvgIpc) is 2.27. The van der Waals surface area contributed by atoms with Crippen LogP contribution in [0.25, 0.3) is 0 Å². The monoisotopic (exact) mass is 259 g/mol. The molecule has 1 unspecified atom stereocenters. The van der Waals surface area contributed by atoms with E-state index in [1.165, 1.54) is 0 Å². The number of alkyl halides is 3. The molecule has 102 valence electrons. The highest BCUT2D eigenvalue weighted by atomic mass is 19.4. The van der Waals surface area contributed by atoms with E-state index in [0.29, 0.717) is 6.04 Å². The normalized spacial score (nSPS) is 13.9. The van der Waals surface area contributed by atoms with Crippen molar-refractivity contribution in [2.75, 3.05) is 6.54 Å². The van der Waals surface area contributed by atoms with Crippen LogP contribution in [0.2, 0.25) is 0 Å². The van der Waals surface area contributed by atoms with Gasteiger partial charge in [0, 0.05) is 6.04 Å². The van der Waals surface area contributed by atoms with Crippen LogP contribution in [0.15, 0.2) is 24.3 Å². The highest BCUT2D eigenvalue weighted by Crippen LogP contribution is 2.30. The van der Waals surface area contributed by atoms with Gasteiger partial charge in [-0.05, 0) is 36.6 Å². The molecule has 0 radical (unpaired) electrons. The lowest BCUT2D eigenvalue weighted by atomic mass is 9.96. The predicted octanol–water partition coefficient (Wildman–Crippen LogP) is 4.20. The van der Waals surface area contributed by atoms with E-state index in [9.17, 15) is 13.2 Å². The lowest BCUT2D eigenvalue weighted by Crippen LogP contribution is -2.24. The van der Waals surface area contributed by atoms with Crippen LogP contribution in [0.4, 0.5) is 13.2 Å². The van der Waals surface area contributed by atoms with Crippen molar-refractivity contribution in [3.8, 4) is 0 Å². The van der Waals surface area contributed by atoms with Crippen LogP contribution in [0.5, 0.6) is 0 Å².